The molecule has 1 N–H and O–H groups in total. The minimum absolute atomic E-state index is 0.0747. The zero-order valence-corrected chi connectivity index (χ0v) is 16.5. The van der Waals surface area contributed by atoms with Crippen molar-refractivity contribution in [3.05, 3.63) is 65.2 Å². The van der Waals surface area contributed by atoms with Gasteiger partial charge in [0, 0.05) is 38.4 Å². The number of anilines is 2. The highest BCUT2D eigenvalue weighted by Gasteiger charge is 2.28. The van der Waals surface area contributed by atoms with Crippen molar-refractivity contribution in [1.82, 2.24) is 15.1 Å². The molecule has 0 aliphatic carbocycles. The number of hydrogen-bond donors (Lipinski definition) is 1. The van der Waals surface area contributed by atoms with Crippen LogP contribution in [0.25, 0.3) is 11.5 Å². The Hall–Kier alpha value is -2.94. The zero-order valence-electron chi connectivity index (χ0n) is 16.5. The van der Waals surface area contributed by atoms with E-state index in [0.29, 0.717) is 18.3 Å². The van der Waals surface area contributed by atoms with E-state index in [1.807, 2.05) is 55.4 Å². The largest absolute Gasteiger partial charge is 0.733 e. The standard InChI is InChI=1S/C21H24N5O3/c1-24(2)18-9-7-15(8-10-18)20-22-23-21(29-20)17-11-12-25(14-17)13-16-5-3-4-6-19(16)26(27)28/h3-10,17,27H,11-14H2,1-2H3/q-1/t17-/m0/s1. The van der Waals surface area contributed by atoms with Gasteiger partial charge in [0.05, 0.1) is 11.6 Å². The van der Waals surface area contributed by atoms with E-state index in [9.17, 15) is 10.4 Å². The van der Waals surface area contributed by atoms with Crippen molar-refractivity contribution in [2.45, 2.75) is 18.9 Å². The molecule has 1 aliphatic heterocycles. The maximum atomic E-state index is 11.3. The third-order valence-corrected chi connectivity index (χ3v) is 5.28. The summed E-state index contributed by atoms with van der Waals surface area (Å²) in [4.78, 5) is 4.26. The van der Waals surface area contributed by atoms with Crippen molar-refractivity contribution in [3.63, 3.8) is 0 Å². The van der Waals surface area contributed by atoms with E-state index in [1.165, 1.54) is 0 Å². The lowest BCUT2D eigenvalue weighted by Crippen LogP contribution is -2.21. The molecule has 4 rings (SSSR count). The molecule has 3 aromatic rings. The molecule has 8 nitrogen and oxygen atoms in total. The zero-order chi connectivity index (χ0) is 20.4. The average Bonchev–Trinajstić information content (AvgIpc) is 3.38. The highest BCUT2D eigenvalue weighted by Crippen LogP contribution is 2.31. The first-order chi connectivity index (χ1) is 14.0. The van der Waals surface area contributed by atoms with Gasteiger partial charge in [-0.25, -0.2) is 0 Å². The maximum absolute atomic E-state index is 11.3. The van der Waals surface area contributed by atoms with Gasteiger partial charge in [-0.15, -0.1) is 10.2 Å². The average molecular weight is 394 g/mol. The van der Waals surface area contributed by atoms with Crippen LogP contribution in [0.5, 0.6) is 0 Å². The number of aromatic nitrogens is 2. The predicted octanol–water partition coefficient (Wildman–Crippen LogP) is 3.49. The van der Waals surface area contributed by atoms with Gasteiger partial charge in [-0.3, -0.25) is 10.1 Å². The Kier molecular flexibility index (Phi) is 5.48. The topological polar surface area (TPSA) is 91.9 Å². The first kappa shape index (κ1) is 19.4. The van der Waals surface area contributed by atoms with Crippen LogP contribution >= 0.6 is 0 Å². The van der Waals surface area contributed by atoms with Gasteiger partial charge in [0.1, 0.15) is 0 Å². The SMILES string of the molecule is CN(C)c1ccc(-c2nnc([C@H]3CCN(Cc4ccccc4N([O-])O)C3)o2)cc1. The van der Waals surface area contributed by atoms with Crippen molar-refractivity contribution in [2.24, 2.45) is 0 Å². The predicted molar refractivity (Wildman–Crippen MR) is 111 cm³/mol. The Labute approximate surface area is 169 Å². The molecule has 1 aliphatic rings. The molecule has 0 amide bonds. The summed E-state index contributed by atoms with van der Waals surface area (Å²) < 4.78 is 5.95. The third-order valence-electron chi connectivity index (χ3n) is 5.28. The van der Waals surface area contributed by atoms with E-state index >= 15 is 0 Å². The Morgan fingerprint density at radius 1 is 1.14 bits per heavy atom. The van der Waals surface area contributed by atoms with E-state index in [-0.39, 0.29) is 16.8 Å². The van der Waals surface area contributed by atoms with Crippen LogP contribution in [0.1, 0.15) is 23.8 Å². The quantitative estimate of drug-likeness (QED) is 0.635. The van der Waals surface area contributed by atoms with Gasteiger partial charge in [0.15, 0.2) is 0 Å². The first-order valence-electron chi connectivity index (χ1n) is 9.59. The van der Waals surface area contributed by atoms with Gasteiger partial charge in [-0.1, -0.05) is 18.2 Å². The summed E-state index contributed by atoms with van der Waals surface area (Å²) in [6, 6.07) is 15.1. The molecule has 1 atom stereocenters. The molecule has 0 radical (unpaired) electrons. The van der Waals surface area contributed by atoms with Gasteiger partial charge in [0.2, 0.25) is 11.8 Å². The van der Waals surface area contributed by atoms with Gasteiger partial charge in [0.25, 0.3) is 0 Å². The molecule has 1 aromatic heterocycles. The molecule has 0 bridgehead atoms. The molecule has 29 heavy (non-hydrogen) atoms. The van der Waals surface area contributed by atoms with E-state index in [4.69, 9.17) is 4.42 Å². The van der Waals surface area contributed by atoms with Gasteiger partial charge < -0.3 is 19.8 Å². The van der Waals surface area contributed by atoms with E-state index in [2.05, 4.69) is 15.1 Å². The molecule has 0 spiro atoms. The number of para-hydroxylation sites is 1. The Morgan fingerprint density at radius 3 is 2.62 bits per heavy atom. The monoisotopic (exact) mass is 394 g/mol. The molecule has 1 fully saturated rings. The molecule has 1 saturated heterocycles. The molecular weight excluding hydrogens is 370 g/mol. The molecular formula is C21H24N5O3-. The van der Waals surface area contributed by atoms with Crippen LogP contribution in [-0.2, 0) is 6.54 Å². The second kappa shape index (κ2) is 8.20. The molecule has 2 aromatic carbocycles. The maximum Gasteiger partial charge on any atom is 0.247 e. The Bertz CT molecular complexity index is 955. The summed E-state index contributed by atoms with van der Waals surface area (Å²) in [7, 11) is 4.00. The fourth-order valence-corrected chi connectivity index (χ4v) is 3.67. The van der Waals surface area contributed by atoms with E-state index in [1.54, 1.807) is 12.1 Å². The number of hydrogen-bond acceptors (Lipinski definition) is 8. The number of likely N-dealkylation sites (tertiary alicyclic amines) is 1. The fraction of sp³-hybridized carbons (Fsp3) is 0.333. The van der Waals surface area contributed by atoms with Crippen molar-refractivity contribution in [2.75, 3.05) is 37.3 Å². The van der Waals surface area contributed by atoms with Crippen LogP contribution in [0.4, 0.5) is 11.4 Å². The summed E-state index contributed by atoms with van der Waals surface area (Å²) in [6.07, 6.45) is 0.906. The van der Waals surface area contributed by atoms with Gasteiger partial charge >= 0.3 is 0 Å². The molecule has 0 unspecified atom stereocenters. The molecule has 152 valence electrons. The Balaban J connectivity index is 1.42. The number of nitrogens with zero attached hydrogens (tertiary/aromatic N) is 5. The summed E-state index contributed by atoms with van der Waals surface area (Å²) in [5.41, 5.74) is 3.08. The fourth-order valence-electron chi connectivity index (χ4n) is 3.67. The van der Waals surface area contributed by atoms with Crippen LogP contribution in [0.3, 0.4) is 0 Å². The van der Waals surface area contributed by atoms with Crippen molar-refractivity contribution in [1.29, 1.82) is 0 Å². The minimum Gasteiger partial charge on any atom is -0.733 e. The highest BCUT2D eigenvalue weighted by atomic mass is 16.8. The van der Waals surface area contributed by atoms with Gasteiger partial charge in [-0.05, 0) is 48.9 Å². The summed E-state index contributed by atoms with van der Waals surface area (Å²) in [5, 5.41) is 29.0. The lowest BCUT2D eigenvalue weighted by molar-refractivity contribution is 0.289. The van der Waals surface area contributed by atoms with Crippen molar-refractivity contribution in [3.8, 4) is 11.5 Å². The highest BCUT2D eigenvalue weighted by molar-refractivity contribution is 5.58. The third kappa shape index (κ3) is 4.24. The summed E-state index contributed by atoms with van der Waals surface area (Å²) in [5.74, 6) is 1.32. The van der Waals surface area contributed by atoms with Crippen LogP contribution in [0.15, 0.2) is 52.9 Å². The number of rotatable bonds is 6. The van der Waals surface area contributed by atoms with Crippen molar-refractivity contribution < 1.29 is 9.62 Å². The second-order valence-corrected chi connectivity index (χ2v) is 7.51. The van der Waals surface area contributed by atoms with Crippen molar-refractivity contribution >= 4 is 11.4 Å². The minimum atomic E-state index is -0.0747. The van der Waals surface area contributed by atoms with E-state index in [0.717, 1.165) is 36.3 Å². The van der Waals surface area contributed by atoms with Crippen LogP contribution in [0, 0.1) is 5.21 Å². The van der Waals surface area contributed by atoms with Crippen LogP contribution in [-0.4, -0.2) is 47.5 Å². The Morgan fingerprint density at radius 2 is 1.90 bits per heavy atom. The lowest BCUT2D eigenvalue weighted by Gasteiger charge is -2.26. The van der Waals surface area contributed by atoms with Crippen LogP contribution in [0.2, 0.25) is 0 Å². The molecule has 0 saturated carbocycles. The lowest BCUT2D eigenvalue weighted by atomic mass is 10.1. The molecule has 8 heteroatoms. The first-order valence-corrected chi connectivity index (χ1v) is 9.59. The van der Waals surface area contributed by atoms with Gasteiger partial charge in [-0.2, -0.15) is 0 Å². The molecule has 2 heterocycles. The smallest absolute Gasteiger partial charge is 0.247 e. The number of benzene rings is 2. The summed E-state index contributed by atoms with van der Waals surface area (Å²) in [6.45, 7) is 2.21. The normalized spacial score (nSPS) is 16.9. The van der Waals surface area contributed by atoms with Crippen LogP contribution < -0.4 is 10.1 Å². The second-order valence-electron chi connectivity index (χ2n) is 7.51. The summed E-state index contributed by atoms with van der Waals surface area (Å²) >= 11 is 0. The van der Waals surface area contributed by atoms with E-state index < -0.39 is 0 Å².